The van der Waals surface area contributed by atoms with E-state index in [9.17, 15) is 0 Å². The molecule has 0 fully saturated rings. The highest BCUT2D eigenvalue weighted by Gasteiger charge is 1.85. The topological polar surface area (TPSA) is 12.9 Å². The molecule has 0 unspecified atom stereocenters. The Balaban J connectivity index is 0.000000810. The molecular weight excluding hydrogens is 169 g/mol. The molecular formula is C7H7Cl2N. The number of nitrogens with zero attached hydrogens (tertiary/aromatic N) is 1. The van der Waals surface area contributed by atoms with Gasteiger partial charge in [0.05, 0.1) is 0 Å². The van der Waals surface area contributed by atoms with Crippen molar-refractivity contribution in [1.82, 2.24) is 4.98 Å². The molecule has 0 N–H and O–H groups in total. The van der Waals surface area contributed by atoms with Gasteiger partial charge in [0.15, 0.2) is 0 Å². The van der Waals surface area contributed by atoms with Crippen LogP contribution in [0, 0.1) is 0 Å². The standard InChI is InChI=1S/C7H6ClN.ClH/c1-2-6-3-4-7(8)9-5-6;/h2-5H,1H2;1H. The fourth-order valence-corrected chi connectivity index (χ4v) is 0.620. The minimum Gasteiger partial charge on any atom is -0.244 e. The molecule has 0 atom stereocenters. The molecule has 10 heavy (non-hydrogen) atoms. The molecule has 1 aromatic heterocycles. The molecule has 0 amide bonds. The van der Waals surface area contributed by atoms with E-state index in [0.717, 1.165) is 5.56 Å². The molecule has 0 bridgehead atoms. The van der Waals surface area contributed by atoms with Crippen LogP contribution in [0.2, 0.25) is 5.15 Å². The summed E-state index contributed by atoms with van der Waals surface area (Å²) in [7, 11) is 0. The van der Waals surface area contributed by atoms with Gasteiger partial charge in [-0.1, -0.05) is 30.3 Å². The summed E-state index contributed by atoms with van der Waals surface area (Å²) in [4.78, 5) is 3.84. The van der Waals surface area contributed by atoms with Crippen LogP contribution in [0.5, 0.6) is 0 Å². The van der Waals surface area contributed by atoms with Gasteiger partial charge in [-0.25, -0.2) is 4.98 Å². The Morgan fingerprint density at radius 2 is 2.20 bits per heavy atom. The van der Waals surface area contributed by atoms with Crippen molar-refractivity contribution in [2.24, 2.45) is 0 Å². The molecule has 0 aliphatic heterocycles. The zero-order valence-corrected chi connectivity index (χ0v) is 6.82. The van der Waals surface area contributed by atoms with Crippen LogP contribution >= 0.6 is 24.0 Å². The van der Waals surface area contributed by atoms with Crippen molar-refractivity contribution in [3.63, 3.8) is 0 Å². The van der Waals surface area contributed by atoms with E-state index in [4.69, 9.17) is 11.6 Å². The summed E-state index contributed by atoms with van der Waals surface area (Å²) >= 11 is 5.52. The molecule has 0 saturated carbocycles. The summed E-state index contributed by atoms with van der Waals surface area (Å²) in [6.45, 7) is 3.58. The maximum Gasteiger partial charge on any atom is 0.129 e. The Morgan fingerprint density at radius 1 is 1.50 bits per heavy atom. The largest absolute Gasteiger partial charge is 0.244 e. The maximum atomic E-state index is 5.52. The highest BCUT2D eigenvalue weighted by Crippen LogP contribution is 2.04. The molecule has 0 aromatic carbocycles. The van der Waals surface area contributed by atoms with Gasteiger partial charge in [0.1, 0.15) is 5.15 Å². The Kier molecular flexibility index (Phi) is 4.08. The monoisotopic (exact) mass is 175 g/mol. The second kappa shape index (κ2) is 4.31. The van der Waals surface area contributed by atoms with Crippen LogP contribution in [0.3, 0.4) is 0 Å². The van der Waals surface area contributed by atoms with Crippen LogP contribution in [0.15, 0.2) is 24.9 Å². The number of rotatable bonds is 1. The number of halogens is 2. The predicted molar refractivity (Wildman–Crippen MR) is 46.6 cm³/mol. The van der Waals surface area contributed by atoms with Gasteiger partial charge in [-0.05, 0) is 11.6 Å². The molecule has 1 rings (SSSR count). The first-order valence-corrected chi connectivity index (χ1v) is 2.95. The van der Waals surface area contributed by atoms with Crippen LogP contribution in [0.25, 0.3) is 6.08 Å². The Bertz CT molecular complexity index is 205. The van der Waals surface area contributed by atoms with Crippen molar-refractivity contribution in [3.05, 3.63) is 35.6 Å². The first-order valence-electron chi connectivity index (χ1n) is 2.57. The highest BCUT2D eigenvalue weighted by molar-refractivity contribution is 6.29. The summed E-state index contributed by atoms with van der Waals surface area (Å²) in [5.41, 5.74) is 0.986. The van der Waals surface area contributed by atoms with E-state index in [1.165, 1.54) is 0 Å². The summed E-state index contributed by atoms with van der Waals surface area (Å²) in [6, 6.07) is 3.60. The summed E-state index contributed by atoms with van der Waals surface area (Å²) in [5.74, 6) is 0. The van der Waals surface area contributed by atoms with E-state index in [1.807, 2.05) is 6.07 Å². The first kappa shape index (κ1) is 9.47. The maximum absolute atomic E-state index is 5.52. The Morgan fingerprint density at radius 3 is 2.60 bits per heavy atom. The predicted octanol–water partition coefficient (Wildman–Crippen LogP) is 2.80. The first-order chi connectivity index (χ1) is 4.33. The van der Waals surface area contributed by atoms with Crippen LogP contribution in [0.1, 0.15) is 5.56 Å². The van der Waals surface area contributed by atoms with E-state index < -0.39 is 0 Å². The third kappa shape index (κ3) is 2.38. The number of hydrogen-bond donors (Lipinski definition) is 0. The third-order valence-corrected chi connectivity index (χ3v) is 1.21. The van der Waals surface area contributed by atoms with E-state index in [2.05, 4.69) is 11.6 Å². The van der Waals surface area contributed by atoms with Crippen LogP contribution in [0.4, 0.5) is 0 Å². The van der Waals surface area contributed by atoms with E-state index >= 15 is 0 Å². The van der Waals surface area contributed by atoms with Crippen molar-refractivity contribution >= 4 is 30.1 Å². The van der Waals surface area contributed by atoms with Gasteiger partial charge in [-0.3, -0.25) is 0 Å². The van der Waals surface area contributed by atoms with Crippen molar-refractivity contribution in [1.29, 1.82) is 0 Å². The Hall–Kier alpha value is -0.530. The van der Waals surface area contributed by atoms with Gasteiger partial charge in [-0.15, -0.1) is 12.4 Å². The Labute approximate surface area is 71.1 Å². The van der Waals surface area contributed by atoms with Crippen LogP contribution in [-0.2, 0) is 0 Å². The molecule has 0 radical (unpaired) electrons. The zero-order valence-electron chi connectivity index (χ0n) is 5.25. The number of hydrogen-bond acceptors (Lipinski definition) is 1. The van der Waals surface area contributed by atoms with Crippen molar-refractivity contribution < 1.29 is 0 Å². The lowest BCUT2D eigenvalue weighted by Crippen LogP contribution is -1.74. The summed E-state index contributed by atoms with van der Waals surface area (Å²) < 4.78 is 0. The van der Waals surface area contributed by atoms with Gasteiger partial charge in [0.25, 0.3) is 0 Å². The lowest BCUT2D eigenvalue weighted by Gasteiger charge is -1.89. The van der Waals surface area contributed by atoms with Crippen molar-refractivity contribution in [3.8, 4) is 0 Å². The third-order valence-electron chi connectivity index (χ3n) is 0.986. The lowest BCUT2D eigenvalue weighted by atomic mass is 10.3. The smallest absolute Gasteiger partial charge is 0.129 e. The average molecular weight is 176 g/mol. The van der Waals surface area contributed by atoms with Gasteiger partial charge in [0.2, 0.25) is 0 Å². The van der Waals surface area contributed by atoms with Gasteiger partial charge in [0, 0.05) is 6.20 Å². The molecule has 0 aliphatic carbocycles. The molecule has 1 aromatic rings. The van der Waals surface area contributed by atoms with Gasteiger partial charge < -0.3 is 0 Å². The van der Waals surface area contributed by atoms with Gasteiger partial charge >= 0.3 is 0 Å². The number of pyridine rings is 1. The van der Waals surface area contributed by atoms with Crippen LogP contribution < -0.4 is 0 Å². The molecule has 0 aliphatic rings. The molecule has 1 nitrogen and oxygen atoms in total. The van der Waals surface area contributed by atoms with E-state index in [1.54, 1.807) is 18.3 Å². The highest BCUT2D eigenvalue weighted by atomic mass is 35.5. The summed E-state index contributed by atoms with van der Waals surface area (Å²) in [5, 5.41) is 0.514. The van der Waals surface area contributed by atoms with E-state index in [0.29, 0.717) is 5.15 Å². The minimum atomic E-state index is 0. The lowest BCUT2D eigenvalue weighted by molar-refractivity contribution is 1.32. The second-order valence-corrected chi connectivity index (χ2v) is 2.01. The summed E-state index contributed by atoms with van der Waals surface area (Å²) in [6.07, 6.45) is 3.40. The number of aromatic nitrogens is 1. The molecule has 54 valence electrons. The fraction of sp³-hybridized carbons (Fsp3) is 0. The molecule has 0 spiro atoms. The zero-order chi connectivity index (χ0) is 6.69. The minimum absolute atomic E-state index is 0. The quantitative estimate of drug-likeness (QED) is 0.599. The van der Waals surface area contributed by atoms with Crippen LogP contribution in [-0.4, -0.2) is 4.98 Å². The molecule has 3 heteroatoms. The second-order valence-electron chi connectivity index (χ2n) is 1.62. The normalized spacial score (nSPS) is 8.10. The van der Waals surface area contributed by atoms with Gasteiger partial charge in [-0.2, -0.15) is 0 Å². The average Bonchev–Trinajstić information content (AvgIpc) is 1.90. The SMILES string of the molecule is C=Cc1ccc(Cl)nc1.Cl. The van der Waals surface area contributed by atoms with E-state index in [-0.39, 0.29) is 12.4 Å². The van der Waals surface area contributed by atoms with Crippen molar-refractivity contribution in [2.75, 3.05) is 0 Å². The fourth-order valence-electron chi connectivity index (χ4n) is 0.508. The molecule has 0 saturated heterocycles. The molecule has 1 heterocycles. The van der Waals surface area contributed by atoms with Crippen molar-refractivity contribution in [2.45, 2.75) is 0 Å².